The highest BCUT2D eigenvalue weighted by Gasteiger charge is 2.26. The fourth-order valence-electron chi connectivity index (χ4n) is 3.67. The minimum absolute atomic E-state index is 0.110. The Labute approximate surface area is 169 Å². The largest absolute Gasteiger partial charge is 0.485 e. The molecule has 2 aromatic rings. The van der Waals surface area contributed by atoms with E-state index in [1.807, 2.05) is 0 Å². The number of fused-ring (bicyclic) bond motifs is 1. The van der Waals surface area contributed by atoms with Gasteiger partial charge in [0.05, 0.1) is 11.3 Å². The third kappa shape index (κ3) is 4.35. The van der Waals surface area contributed by atoms with Crippen molar-refractivity contribution >= 4 is 33.2 Å². The van der Waals surface area contributed by atoms with Gasteiger partial charge in [-0.25, -0.2) is 17.2 Å². The molecule has 2 N–H and O–H groups in total. The molecule has 28 heavy (non-hydrogen) atoms. The summed E-state index contributed by atoms with van der Waals surface area (Å²) >= 11 is 6.38. The van der Waals surface area contributed by atoms with Crippen LogP contribution in [0.2, 0.25) is 5.02 Å². The number of sulfonamides is 1. The van der Waals surface area contributed by atoms with Crippen molar-refractivity contribution in [1.29, 1.82) is 0 Å². The summed E-state index contributed by atoms with van der Waals surface area (Å²) in [7, 11) is -3.13. The molecule has 0 aliphatic carbocycles. The zero-order valence-corrected chi connectivity index (χ0v) is 17.3. The number of halogens is 1. The van der Waals surface area contributed by atoms with Gasteiger partial charge in [0.2, 0.25) is 21.6 Å². The highest BCUT2D eigenvalue weighted by Crippen LogP contribution is 2.31. The number of aromatic nitrogens is 3. The molecule has 2 aliphatic heterocycles. The first-order chi connectivity index (χ1) is 13.4. The summed E-state index contributed by atoms with van der Waals surface area (Å²) in [6.07, 6.45) is 6.39. The molecule has 0 radical (unpaired) electrons. The van der Waals surface area contributed by atoms with E-state index >= 15 is 0 Å². The topological polar surface area (TPSA) is 101 Å². The van der Waals surface area contributed by atoms with Crippen molar-refractivity contribution in [2.75, 3.05) is 37.8 Å². The van der Waals surface area contributed by atoms with Crippen LogP contribution in [0, 0.1) is 0 Å². The SMILES string of the molecule is CS(=O)(=O)N1CCC(Nc2nc3c(OC4CCNCC4)c(Cl)ccn3n2)CC1. The number of rotatable bonds is 5. The number of ether oxygens (including phenoxy) is 1. The average molecular weight is 429 g/mol. The van der Waals surface area contributed by atoms with Crippen molar-refractivity contribution in [1.82, 2.24) is 24.2 Å². The second-order valence-electron chi connectivity index (χ2n) is 7.34. The highest BCUT2D eigenvalue weighted by atomic mass is 35.5. The van der Waals surface area contributed by atoms with Gasteiger partial charge in [0.15, 0.2) is 5.75 Å². The van der Waals surface area contributed by atoms with E-state index in [9.17, 15) is 8.42 Å². The number of piperidine rings is 2. The van der Waals surface area contributed by atoms with Crippen LogP contribution in [0.4, 0.5) is 5.95 Å². The van der Waals surface area contributed by atoms with Gasteiger partial charge in [-0.3, -0.25) is 0 Å². The Bertz CT molecular complexity index is 936. The lowest BCUT2D eigenvalue weighted by Crippen LogP contribution is -2.41. The molecule has 2 fully saturated rings. The Morgan fingerprint density at radius 1 is 1.25 bits per heavy atom. The predicted octanol–water partition coefficient (Wildman–Crippen LogP) is 1.35. The smallest absolute Gasteiger partial charge is 0.243 e. The summed E-state index contributed by atoms with van der Waals surface area (Å²) in [6, 6.07) is 1.88. The van der Waals surface area contributed by atoms with Crippen molar-refractivity contribution in [3.63, 3.8) is 0 Å². The first kappa shape index (κ1) is 19.7. The third-order valence-electron chi connectivity index (χ3n) is 5.24. The molecule has 0 bridgehead atoms. The normalized spacial score (nSPS) is 20.5. The maximum Gasteiger partial charge on any atom is 0.243 e. The molecular formula is C17H25ClN6O3S. The number of hydrogen-bond donors (Lipinski definition) is 2. The maximum atomic E-state index is 11.6. The predicted molar refractivity (Wildman–Crippen MR) is 108 cm³/mol. The van der Waals surface area contributed by atoms with E-state index in [1.54, 1.807) is 16.8 Å². The second-order valence-corrected chi connectivity index (χ2v) is 9.73. The van der Waals surface area contributed by atoms with Crippen molar-refractivity contribution in [3.05, 3.63) is 17.3 Å². The van der Waals surface area contributed by atoms with Gasteiger partial charge in [0, 0.05) is 25.3 Å². The van der Waals surface area contributed by atoms with Gasteiger partial charge in [0.1, 0.15) is 6.10 Å². The molecule has 4 rings (SSSR count). The van der Waals surface area contributed by atoms with Gasteiger partial charge in [0.25, 0.3) is 0 Å². The van der Waals surface area contributed by atoms with Crippen LogP contribution in [0.15, 0.2) is 12.3 Å². The minimum Gasteiger partial charge on any atom is -0.485 e. The van der Waals surface area contributed by atoms with E-state index in [2.05, 4.69) is 20.7 Å². The van der Waals surface area contributed by atoms with Crippen LogP contribution in [-0.4, -0.2) is 71.9 Å². The van der Waals surface area contributed by atoms with Gasteiger partial charge >= 0.3 is 0 Å². The standard InChI is InChI=1S/C17H25ClN6O3S/c1-28(25,26)23-9-4-12(5-10-23)20-17-21-16-15(14(18)6-11-24(16)22-17)27-13-2-7-19-8-3-13/h6,11-13,19H,2-5,7-10H2,1H3,(H,20,22). The Morgan fingerprint density at radius 2 is 1.96 bits per heavy atom. The molecule has 11 heteroatoms. The summed E-state index contributed by atoms with van der Waals surface area (Å²) < 4.78 is 32.6. The van der Waals surface area contributed by atoms with Gasteiger partial charge in [-0.05, 0) is 44.8 Å². The van der Waals surface area contributed by atoms with Crippen LogP contribution >= 0.6 is 11.6 Å². The summed E-state index contributed by atoms with van der Waals surface area (Å²) in [6.45, 7) is 2.85. The molecular weight excluding hydrogens is 404 g/mol. The Kier molecular flexibility index (Phi) is 5.64. The number of hydrogen-bond acceptors (Lipinski definition) is 7. The molecule has 0 unspecified atom stereocenters. The minimum atomic E-state index is -3.13. The lowest BCUT2D eigenvalue weighted by molar-refractivity contribution is 0.164. The Balaban J connectivity index is 1.48. The highest BCUT2D eigenvalue weighted by molar-refractivity contribution is 7.88. The molecule has 2 aliphatic rings. The monoisotopic (exact) mass is 428 g/mol. The van der Waals surface area contributed by atoms with Crippen molar-refractivity contribution in [2.45, 2.75) is 37.8 Å². The fraction of sp³-hybridized carbons (Fsp3) is 0.647. The molecule has 0 atom stereocenters. The molecule has 0 aromatic carbocycles. The second kappa shape index (κ2) is 8.02. The Morgan fingerprint density at radius 3 is 2.64 bits per heavy atom. The van der Waals surface area contributed by atoms with Crippen LogP contribution in [0.5, 0.6) is 5.75 Å². The molecule has 0 saturated carbocycles. The van der Waals surface area contributed by atoms with E-state index in [0.29, 0.717) is 48.3 Å². The quantitative estimate of drug-likeness (QED) is 0.741. The fourth-order valence-corrected chi connectivity index (χ4v) is 4.72. The molecule has 9 nitrogen and oxygen atoms in total. The number of nitrogens with one attached hydrogen (secondary N) is 2. The van der Waals surface area contributed by atoms with Gasteiger partial charge in [-0.15, -0.1) is 5.10 Å². The van der Waals surface area contributed by atoms with Crippen LogP contribution < -0.4 is 15.4 Å². The molecule has 4 heterocycles. The molecule has 154 valence electrons. The van der Waals surface area contributed by atoms with Crippen molar-refractivity contribution in [3.8, 4) is 5.75 Å². The summed E-state index contributed by atoms with van der Waals surface area (Å²) in [5, 5.41) is 11.6. The summed E-state index contributed by atoms with van der Waals surface area (Å²) in [4.78, 5) is 4.58. The van der Waals surface area contributed by atoms with Crippen molar-refractivity contribution < 1.29 is 13.2 Å². The molecule has 2 aromatic heterocycles. The molecule has 2 saturated heterocycles. The van der Waals surface area contributed by atoms with E-state index in [1.165, 1.54) is 10.6 Å². The molecule has 0 amide bonds. The number of anilines is 1. The van der Waals surface area contributed by atoms with Crippen LogP contribution in [0.1, 0.15) is 25.7 Å². The lowest BCUT2D eigenvalue weighted by atomic mass is 10.1. The van der Waals surface area contributed by atoms with Gasteiger partial charge in [-0.1, -0.05) is 11.6 Å². The van der Waals surface area contributed by atoms with E-state index < -0.39 is 10.0 Å². The van der Waals surface area contributed by atoms with E-state index in [-0.39, 0.29) is 12.1 Å². The zero-order chi connectivity index (χ0) is 19.7. The van der Waals surface area contributed by atoms with Gasteiger partial charge < -0.3 is 15.4 Å². The summed E-state index contributed by atoms with van der Waals surface area (Å²) in [5.74, 6) is 1.05. The number of pyridine rings is 1. The first-order valence-electron chi connectivity index (χ1n) is 9.54. The van der Waals surface area contributed by atoms with E-state index in [0.717, 1.165) is 25.9 Å². The zero-order valence-electron chi connectivity index (χ0n) is 15.8. The first-order valence-corrected chi connectivity index (χ1v) is 11.8. The lowest BCUT2D eigenvalue weighted by Gasteiger charge is -2.30. The van der Waals surface area contributed by atoms with Crippen LogP contribution in [0.25, 0.3) is 5.65 Å². The average Bonchev–Trinajstić information content (AvgIpc) is 3.07. The molecule has 0 spiro atoms. The van der Waals surface area contributed by atoms with Crippen LogP contribution in [0.3, 0.4) is 0 Å². The van der Waals surface area contributed by atoms with Gasteiger partial charge in [-0.2, -0.15) is 4.98 Å². The van der Waals surface area contributed by atoms with Crippen LogP contribution in [-0.2, 0) is 10.0 Å². The summed E-state index contributed by atoms with van der Waals surface area (Å²) in [5.41, 5.74) is 0.585. The maximum absolute atomic E-state index is 11.6. The Hall–Kier alpha value is -1.62. The van der Waals surface area contributed by atoms with E-state index in [4.69, 9.17) is 16.3 Å². The van der Waals surface area contributed by atoms with Crippen molar-refractivity contribution in [2.24, 2.45) is 0 Å². The number of nitrogens with zero attached hydrogens (tertiary/aromatic N) is 4. The third-order valence-corrected chi connectivity index (χ3v) is 6.84.